The fourth-order valence-corrected chi connectivity index (χ4v) is 3.87. The Bertz CT molecular complexity index is 1090. The largest absolute Gasteiger partial charge is 0.298 e. The molecule has 140 valence electrons. The second-order valence-electron chi connectivity index (χ2n) is 6.56. The van der Waals surface area contributed by atoms with Gasteiger partial charge >= 0.3 is 0 Å². The first-order valence-corrected chi connectivity index (χ1v) is 9.58. The van der Waals surface area contributed by atoms with Gasteiger partial charge in [-0.05, 0) is 37.6 Å². The fourth-order valence-electron chi connectivity index (χ4n) is 3.21. The summed E-state index contributed by atoms with van der Waals surface area (Å²) in [6.07, 6.45) is 1.67. The number of hydrogen-bond donors (Lipinski definition) is 1. The topological polar surface area (TPSA) is 79.4 Å². The Morgan fingerprint density at radius 3 is 2.46 bits per heavy atom. The van der Waals surface area contributed by atoms with E-state index >= 15 is 0 Å². The molecule has 2 heterocycles. The van der Waals surface area contributed by atoms with E-state index in [1.807, 2.05) is 44.2 Å². The normalized spacial score (nSPS) is 14.1. The van der Waals surface area contributed by atoms with Crippen molar-refractivity contribution in [2.24, 2.45) is 0 Å². The SMILES string of the molecule is Cc1cnc(NC(=O)c2ccc3c(c2)C(=O)N([C@H](C)c2ccccc2)C3=O)s1. The lowest BCUT2D eigenvalue weighted by Crippen LogP contribution is -2.32. The van der Waals surface area contributed by atoms with E-state index in [2.05, 4.69) is 10.3 Å². The highest BCUT2D eigenvalue weighted by Crippen LogP contribution is 2.32. The second kappa shape index (κ2) is 7.01. The molecule has 0 saturated carbocycles. The van der Waals surface area contributed by atoms with Crippen LogP contribution >= 0.6 is 11.3 Å². The molecule has 3 aromatic rings. The van der Waals surface area contributed by atoms with Gasteiger partial charge in [0, 0.05) is 16.6 Å². The monoisotopic (exact) mass is 391 g/mol. The summed E-state index contributed by atoms with van der Waals surface area (Å²) in [7, 11) is 0. The highest BCUT2D eigenvalue weighted by molar-refractivity contribution is 7.15. The average Bonchev–Trinajstić information content (AvgIpc) is 3.22. The van der Waals surface area contributed by atoms with Gasteiger partial charge in [0.15, 0.2) is 5.13 Å². The Morgan fingerprint density at radius 1 is 1.07 bits per heavy atom. The van der Waals surface area contributed by atoms with Crippen molar-refractivity contribution in [2.45, 2.75) is 19.9 Å². The molecule has 0 radical (unpaired) electrons. The minimum atomic E-state index is -0.399. The van der Waals surface area contributed by atoms with Crippen LogP contribution < -0.4 is 5.32 Å². The molecule has 1 atom stereocenters. The predicted octanol–water partition coefficient (Wildman–Crippen LogP) is 4.06. The third-order valence-electron chi connectivity index (χ3n) is 4.69. The van der Waals surface area contributed by atoms with Gasteiger partial charge < -0.3 is 0 Å². The Hall–Kier alpha value is -3.32. The molecule has 1 N–H and O–H groups in total. The molecule has 2 aromatic carbocycles. The molecule has 0 bridgehead atoms. The number of nitrogens with zero attached hydrogens (tertiary/aromatic N) is 2. The fraction of sp³-hybridized carbons (Fsp3) is 0.143. The van der Waals surface area contributed by atoms with Crippen molar-refractivity contribution in [3.63, 3.8) is 0 Å². The second-order valence-corrected chi connectivity index (χ2v) is 7.79. The molecule has 1 aliphatic rings. The summed E-state index contributed by atoms with van der Waals surface area (Å²) in [6.45, 7) is 3.71. The molecule has 1 aromatic heterocycles. The molecule has 4 rings (SSSR count). The Balaban J connectivity index is 1.61. The summed E-state index contributed by atoms with van der Waals surface area (Å²) in [4.78, 5) is 44.5. The number of fused-ring (bicyclic) bond motifs is 1. The number of rotatable bonds is 4. The van der Waals surface area contributed by atoms with Gasteiger partial charge in [-0.25, -0.2) is 4.98 Å². The van der Waals surface area contributed by atoms with Gasteiger partial charge in [0.05, 0.1) is 17.2 Å². The minimum Gasteiger partial charge on any atom is -0.298 e. The zero-order chi connectivity index (χ0) is 19.8. The first-order valence-electron chi connectivity index (χ1n) is 8.76. The summed E-state index contributed by atoms with van der Waals surface area (Å²) >= 11 is 1.37. The van der Waals surface area contributed by atoms with Crippen LogP contribution in [0.4, 0.5) is 5.13 Å². The zero-order valence-corrected chi connectivity index (χ0v) is 16.1. The number of carbonyl (C=O) groups is 3. The van der Waals surface area contributed by atoms with Crippen LogP contribution in [0.2, 0.25) is 0 Å². The van der Waals surface area contributed by atoms with E-state index in [0.717, 1.165) is 10.4 Å². The predicted molar refractivity (Wildman–Crippen MR) is 107 cm³/mol. The smallest absolute Gasteiger partial charge is 0.262 e. The minimum absolute atomic E-state index is 0.246. The highest BCUT2D eigenvalue weighted by Gasteiger charge is 2.39. The highest BCUT2D eigenvalue weighted by atomic mass is 32.1. The maximum Gasteiger partial charge on any atom is 0.262 e. The third kappa shape index (κ3) is 3.10. The number of anilines is 1. The lowest BCUT2D eigenvalue weighted by atomic mass is 10.1. The molecule has 1 aliphatic heterocycles. The molecule has 0 unspecified atom stereocenters. The van der Waals surface area contributed by atoms with Crippen molar-refractivity contribution in [3.8, 4) is 0 Å². The van der Waals surface area contributed by atoms with E-state index in [1.54, 1.807) is 12.3 Å². The van der Waals surface area contributed by atoms with E-state index in [4.69, 9.17) is 0 Å². The number of nitrogens with one attached hydrogen (secondary N) is 1. The van der Waals surface area contributed by atoms with Crippen LogP contribution in [0.5, 0.6) is 0 Å². The average molecular weight is 391 g/mol. The standard InChI is InChI=1S/C21H17N3O3S/c1-12-11-22-21(28-12)23-18(25)15-8-9-16-17(10-15)20(27)24(19(16)26)13(2)14-6-4-3-5-7-14/h3-11,13H,1-2H3,(H,22,23,25)/t13-/m1/s1. The number of amides is 3. The number of aryl methyl sites for hydroxylation is 1. The van der Waals surface area contributed by atoms with Crippen molar-refractivity contribution < 1.29 is 14.4 Å². The van der Waals surface area contributed by atoms with Gasteiger partial charge in [0.2, 0.25) is 0 Å². The molecule has 0 fully saturated rings. The number of aromatic nitrogens is 1. The van der Waals surface area contributed by atoms with Gasteiger partial charge in [-0.2, -0.15) is 0 Å². The summed E-state index contributed by atoms with van der Waals surface area (Å²) in [6, 6.07) is 13.5. The van der Waals surface area contributed by atoms with Crippen molar-refractivity contribution in [1.29, 1.82) is 0 Å². The Kier molecular flexibility index (Phi) is 4.52. The van der Waals surface area contributed by atoms with Crippen LogP contribution in [0.3, 0.4) is 0 Å². The van der Waals surface area contributed by atoms with Gasteiger partial charge in [0.25, 0.3) is 17.7 Å². The zero-order valence-electron chi connectivity index (χ0n) is 15.3. The third-order valence-corrected chi connectivity index (χ3v) is 5.52. The van der Waals surface area contributed by atoms with Crippen LogP contribution in [0.15, 0.2) is 54.7 Å². The van der Waals surface area contributed by atoms with Crippen LogP contribution in [-0.4, -0.2) is 27.6 Å². The quantitative estimate of drug-likeness (QED) is 0.680. The molecule has 0 spiro atoms. The van der Waals surface area contributed by atoms with Crippen molar-refractivity contribution in [1.82, 2.24) is 9.88 Å². The van der Waals surface area contributed by atoms with Crippen molar-refractivity contribution in [3.05, 3.63) is 81.9 Å². The van der Waals surface area contributed by atoms with Gasteiger partial charge in [-0.3, -0.25) is 24.6 Å². The molecular formula is C21H17N3O3S. The number of hydrogen-bond acceptors (Lipinski definition) is 5. The van der Waals surface area contributed by atoms with Gasteiger partial charge in [-0.15, -0.1) is 11.3 Å². The maximum absolute atomic E-state index is 12.9. The van der Waals surface area contributed by atoms with Crippen molar-refractivity contribution in [2.75, 3.05) is 5.32 Å². The number of carbonyl (C=O) groups excluding carboxylic acids is 3. The lowest BCUT2D eigenvalue weighted by Gasteiger charge is -2.22. The summed E-state index contributed by atoms with van der Waals surface area (Å²) in [5.41, 5.74) is 1.74. The Labute approximate surface area is 165 Å². The number of imide groups is 1. The molecule has 0 saturated heterocycles. The lowest BCUT2D eigenvalue weighted by molar-refractivity contribution is 0.0595. The molecule has 0 aliphatic carbocycles. The molecule has 6 nitrogen and oxygen atoms in total. The van der Waals surface area contributed by atoms with Crippen LogP contribution in [0.1, 0.15) is 54.5 Å². The first kappa shape index (κ1) is 18.1. The molecular weight excluding hydrogens is 374 g/mol. The molecule has 28 heavy (non-hydrogen) atoms. The van der Waals surface area contributed by atoms with E-state index in [0.29, 0.717) is 16.3 Å². The van der Waals surface area contributed by atoms with E-state index in [9.17, 15) is 14.4 Å². The maximum atomic E-state index is 12.9. The summed E-state index contributed by atoms with van der Waals surface area (Å²) < 4.78 is 0. The van der Waals surface area contributed by atoms with Crippen LogP contribution in [0, 0.1) is 6.92 Å². The van der Waals surface area contributed by atoms with E-state index in [1.165, 1.54) is 28.4 Å². The Morgan fingerprint density at radius 2 is 1.79 bits per heavy atom. The van der Waals surface area contributed by atoms with E-state index < -0.39 is 11.9 Å². The van der Waals surface area contributed by atoms with Crippen LogP contribution in [-0.2, 0) is 0 Å². The number of thiazole rings is 1. The summed E-state index contributed by atoms with van der Waals surface area (Å²) in [5, 5.41) is 3.21. The van der Waals surface area contributed by atoms with Gasteiger partial charge in [0.1, 0.15) is 0 Å². The van der Waals surface area contributed by atoms with E-state index in [-0.39, 0.29) is 17.4 Å². The molecule has 7 heteroatoms. The number of benzene rings is 2. The van der Waals surface area contributed by atoms with Gasteiger partial charge in [-0.1, -0.05) is 30.3 Å². The first-order chi connectivity index (χ1) is 13.5. The summed E-state index contributed by atoms with van der Waals surface area (Å²) in [5.74, 6) is -1.11. The molecule has 3 amide bonds. The van der Waals surface area contributed by atoms with Crippen LogP contribution in [0.25, 0.3) is 0 Å². The van der Waals surface area contributed by atoms with Crippen molar-refractivity contribution >= 4 is 34.2 Å².